The van der Waals surface area contributed by atoms with Crippen molar-refractivity contribution in [2.75, 3.05) is 38.7 Å². The summed E-state index contributed by atoms with van der Waals surface area (Å²) in [5.74, 6) is -0.548. The molecule has 0 aliphatic carbocycles. The monoisotopic (exact) mass is 411 g/mol. The molecule has 0 unspecified atom stereocenters. The molecule has 6 nitrogen and oxygen atoms in total. The van der Waals surface area contributed by atoms with E-state index in [1.165, 1.54) is 0 Å². The number of anilines is 1. The van der Waals surface area contributed by atoms with Crippen LogP contribution >= 0.6 is 24.0 Å². The first-order valence-electron chi connectivity index (χ1n) is 8.25. The summed E-state index contributed by atoms with van der Waals surface area (Å²) in [5, 5.41) is 9.30. The smallest absolute Gasteiger partial charge is 0.255 e. The van der Waals surface area contributed by atoms with E-state index in [1.54, 1.807) is 55.6 Å². The number of hydrogen-bond donors (Lipinski definition) is 3. The Labute approximate surface area is 170 Å². The van der Waals surface area contributed by atoms with Gasteiger partial charge in [0.2, 0.25) is 0 Å². The second-order valence-electron chi connectivity index (χ2n) is 5.51. The van der Waals surface area contributed by atoms with E-state index in [1.807, 2.05) is 0 Å². The van der Waals surface area contributed by atoms with Gasteiger partial charge in [-0.25, -0.2) is 0 Å². The van der Waals surface area contributed by atoms with Gasteiger partial charge >= 0.3 is 0 Å². The number of hydrogen-bond acceptors (Lipinski definition) is 4. The van der Waals surface area contributed by atoms with Crippen molar-refractivity contribution in [2.24, 2.45) is 0 Å². The van der Waals surface area contributed by atoms with Gasteiger partial charge in [0.1, 0.15) is 0 Å². The summed E-state index contributed by atoms with van der Waals surface area (Å²) >= 11 is 5.84. The normalized spacial score (nSPS) is 10.0. The highest BCUT2D eigenvalue weighted by Crippen LogP contribution is 2.17. The van der Waals surface area contributed by atoms with Gasteiger partial charge in [0.25, 0.3) is 11.8 Å². The Hall–Kier alpha value is -2.12. The summed E-state index contributed by atoms with van der Waals surface area (Å²) in [6, 6.07) is 13.4. The average molecular weight is 412 g/mol. The second-order valence-corrected chi connectivity index (χ2v) is 5.94. The van der Waals surface area contributed by atoms with E-state index in [-0.39, 0.29) is 24.2 Å². The molecule has 27 heavy (non-hydrogen) atoms. The lowest BCUT2D eigenvalue weighted by Crippen LogP contribution is -2.33. The maximum atomic E-state index is 12.4. The quantitative estimate of drug-likeness (QED) is 0.554. The summed E-state index contributed by atoms with van der Waals surface area (Å²) in [6.45, 7) is 2.45. The van der Waals surface area contributed by atoms with Crippen LogP contribution in [0, 0.1) is 0 Å². The molecule has 0 saturated heterocycles. The summed E-state index contributed by atoms with van der Waals surface area (Å²) < 4.78 is 4.94. The number of methoxy groups -OCH3 is 1. The van der Waals surface area contributed by atoms with Gasteiger partial charge < -0.3 is 20.7 Å². The Balaban J connectivity index is 0.00000364. The van der Waals surface area contributed by atoms with Crippen LogP contribution in [0.5, 0.6) is 0 Å². The predicted octanol–water partition coefficient (Wildman–Crippen LogP) is 2.98. The first-order valence-corrected chi connectivity index (χ1v) is 8.63. The molecule has 0 heterocycles. The van der Waals surface area contributed by atoms with Crippen molar-refractivity contribution in [1.82, 2.24) is 10.6 Å². The number of amides is 2. The molecule has 2 amide bonds. The van der Waals surface area contributed by atoms with Gasteiger partial charge in [0.05, 0.1) is 17.9 Å². The minimum Gasteiger partial charge on any atom is -0.383 e. The summed E-state index contributed by atoms with van der Waals surface area (Å²) in [6.07, 6.45) is 0. The molecule has 3 N–H and O–H groups in total. The first kappa shape index (κ1) is 22.9. The molecular formula is C19H23Cl2N3O3. The van der Waals surface area contributed by atoms with E-state index in [4.69, 9.17) is 16.3 Å². The van der Waals surface area contributed by atoms with E-state index in [0.717, 1.165) is 6.54 Å². The van der Waals surface area contributed by atoms with E-state index < -0.39 is 0 Å². The Kier molecular flexibility index (Phi) is 10.4. The lowest BCUT2D eigenvalue weighted by molar-refractivity contribution is 0.0954. The molecular weight excluding hydrogens is 389 g/mol. The average Bonchev–Trinajstić information content (AvgIpc) is 2.65. The number of carbonyl (C=O) groups excluding carboxylic acids is 2. The second kappa shape index (κ2) is 12.3. The van der Waals surface area contributed by atoms with Crippen LogP contribution < -0.4 is 16.0 Å². The number of para-hydroxylation sites is 1. The zero-order chi connectivity index (χ0) is 18.8. The van der Waals surface area contributed by atoms with Gasteiger partial charge in [-0.2, -0.15) is 0 Å². The number of nitrogens with one attached hydrogen (secondary N) is 3. The number of rotatable bonds is 9. The number of carbonyl (C=O) groups is 2. The first-order chi connectivity index (χ1) is 12.6. The van der Waals surface area contributed by atoms with Gasteiger partial charge in [0, 0.05) is 37.3 Å². The fraction of sp³-hybridized carbons (Fsp3) is 0.263. The predicted molar refractivity (Wildman–Crippen MR) is 110 cm³/mol. The fourth-order valence-electron chi connectivity index (χ4n) is 2.24. The molecule has 0 aliphatic heterocycles. The van der Waals surface area contributed by atoms with E-state index in [2.05, 4.69) is 16.0 Å². The molecule has 2 aromatic carbocycles. The van der Waals surface area contributed by atoms with Gasteiger partial charge in [-0.3, -0.25) is 9.59 Å². The molecule has 0 spiro atoms. The Morgan fingerprint density at radius 1 is 0.963 bits per heavy atom. The molecule has 0 fully saturated rings. The molecule has 146 valence electrons. The Morgan fingerprint density at radius 3 is 2.37 bits per heavy atom. The topological polar surface area (TPSA) is 79.5 Å². The summed E-state index contributed by atoms with van der Waals surface area (Å²) in [7, 11) is 1.64. The molecule has 0 radical (unpaired) electrons. The molecule has 0 bridgehead atoms. The minimum atomic E-state index is -0.303. The summed E-state index contributed by atoms with van der Waals surface area (Å²) in [4.78, 5) is 24.7. The highest BCUT2D eigenvalue weighted by Gasteiger charge is 2.13. The van der Waals surface area contributed by atoms with E-state index >= 15 is 0 Å². The molecule has 2 rings (SSSR count). The number of benzene rings is 2. The van der Waals surface area contributed by atoms with Crippen molar-refractivity contribution < 1.29 is 14.3 Å². The van der Waals surface area contributed by atoms with Crippen LogP contribution in [0.3, 0.4) is 0 Å². The third-order valence-corrected chi connectivity index (χ3v) is 3.85. The van der Waals surface area contributed by atoms with Crippen LogP contribution in [0.4, 0.5) is 5.69 Å². The minimum absolute atomic E-state index is 0. The SMILES string of the molecule is COCCNCCNC(=O)c1ccccc1NC(=O)c1ccc(Cl)cc1.Cl. The van der Waals surface area contributed by atoms with Gasteiger partial charge in [0.15, 0.2) is 0 Å². The highest BCUT2D eigenvalue weighted by molar-refractivity contribution is 6.30. The molecule has 2 aromatic rings. The molecule has 8 heteroatoms. The number of ether oxygens (including phenoxy) is 1. The third kappa shape index (κ3) is 7.56. The van der Waals surface area contributed by atoms with Crippen molar-refractivity contribution in [3.05, 3.63) is 64.7 Å². The zero-order valence-corrected chi connectivity index (χ0v) is 16.5. The molecule has 0 aliphatic rings. The largest absolute Gasteiger partial charge is 0.383 e. The van der Waals surface area contributed by atoms with Gasteiger partial charge in [-0.1, -0.05) is 23.7 Å². The van der Waals surface area contributed by atoms with Crippen molar-refractivity contribution in [3.63, 3.8) is 0 Å². The zero-order valence-electron chi connectivity index (χ0n) is 15.0. The van der Waals surface area contributed by atoms with Crippen LogP contribution in [-0.4, -0.2) is 45.2 Å². The molecule has 0 aromatic heterocycles. The Bertz CT molecular complexity index is 739. The molecule has 0 atom stereocenters. The molecule has 0 saturated carbocycles. The van der Waals surface area contributed by atoms with Crippen molar-refractivity contribution in [1.29, 1.82) is 0 Å². The number of halogens is 2. The van der Waals surface area contributed by atoms with Crippen LogP contribution in [0.15, 0.2) is 48.5 Å². The van der Waals surface area contributed by atoms with E-state index in [9.17, 15) is 9.59 Å². The van der Waals surface area contributed by atoms with Crippen LogP contribution in [0.2, 0.25) is 5.02 Å². The van der Waals surface area contributed by atoms with Crippen molar-refractivity contribution >= 4 is 41.5 Å². The van der Waals surface area contributed by atoms with E-state index in [0.29, 0.717) is 41.5 Å². The third-order valence-electron chi connectivity index (χ3n) is 3.60. The summed E-state index contributed by atoms with van der Waals surface area (Å²) in [5.41, 5.74) is 1.33. The maximum Gasteiger partial charge on any atom is 0.255 e. The van der Waals surface area contributed by atoms with Gasteiger partial charge in [-0.05, 0) is 36.4 Å². The van der Waals surface area contributed by atoms with Crippen LogP contribution in [0.25, 0.3) is 0 Å². The van der Waals surface area contributed by atoms with Crippen molar-refractivity contribution in [2.45, 2.75) is 0 Å². The lowest BCUT2D eigenvalue weighted by Gasteiger charge is -2.12. The van der Waals surface area contributed by atoms with Crippen LogP contribution in [0.1, 0.15) is 20.7 Å². The van der Waals surface area contributed by atoms with Crippen molar-refractivity contribution in [3.8, 4) is 0 Å². The standard InChI is InChI=1S/C19H22ClN3O3.ClH/c1-26-13-12-21-10-11-22-19(25)16-4-2-3-5-17(16)23-18(24)14-6-8-15(20)9-7-14;/h2-9,21H,10-13H2,1H3,(H,22,25)(H,23,24);1H. The lowest BCUT2D eigenvalue weighted by atomic mass is 10.1. The van der Waals surface area contributed by atoms with Gasteiger partial charge in [-0.15, -0.1) is 12.4 Å². The Morgan fingerprint density at radius 2 is 1.67 bits per heavy atom. The maximum absolute atomic E-state index is 12.4. The van der Waals surface area contributed by atoms with Crippen LogP contribution in [-0.2, 0) is 4.74 Å². The highest BCUT2D eigenvalue weighted by atomic mass is 35.5. The fourth-order valence-corrected chi connectivity index (χ4v) is 2.37.